The smallest absolute Gasteiger partial charge is 0.233 e. The molecule has 0 heterocycles. The number of hydrogen-bond donors (Lipinski definition) is 3. The first kappa shape index (κ1) is 14.3. The molecule has 0 spiro atoms. The van der Waals surface area contributed by atoms with Crippen LogP contribution in [0.2, 0.25) is 0 Å². The summed E-state index contributed by atoms with van der Waals surface area (Å²) in [5.41, 5.74) is 4.82. The fourth-order valence-corrected chi connectivity index (χ4v) is 2.72. The Bertz CT molecular complexity index is 413. The zero-order valence-electron chi connectivity index (χ0n) is 9.44. The summed E-state index contributed by atoms with van der Waals surface area (Å²) in [6.45, 7) is -0.0119. The molecule has 1 aliphatic rings. The second-order valence-corrected chi connectivity index (χ2v) is 6.45. The lowest BCUT2D eigenvalue weighted by atomic mass is 9.85. The highest BCUT2D eigenvalue weighted by Gasteiger charge is 2.43. The van der Waals surface area contributed by atoms with E-state index in [1.165, 1.54) is 0 Å². The molecule has 0 radical (unpaired) electrons. The minimum absolute atomic E-state index is 0.0119. The summed E-state index contributed by atoms with van der Waals surface area (Å²) in [6, 6.07) is 0. The van der Waals surface area contributed by atoms with Crippen molar-refractivity contribution < 1.29 is 13.2 Å². The van der Waals surface area contributed by atoms with Gasteiger partial charge in [0.1, 0.15) is 0 Å². The topological polar surface area (TPSA) is 115 Å². The molecule has 0 atom stereocenters. The van der Waals surface area contributed by atoms with Gasteiger partial charge in [-0.3, -0.25) is 4.79 Å². The van der Waals surface area contributed by atoms with Crippen molar-refractivity contribution in [1.82, 2.24) is 5.32 Å². The molecule has 1 rings (SSSR count). The Morgan fingerprint density at radius 1 is 1.35 bits per heavy atom. The van der Waals surface area contributed by atoms with E-state index in [4.69, 9.17) is 23.1 Å². The molecule has 0 saturated heterocycles. The number of amides is 1. The number of sulfonamides is 1. The highest BCUT2D eigenvalue weighted by molar-refractivity contribution is 7.89. The van der Waals surface area contributed by atoms with Gasteiger partial charge >= 0.3 is 0 Å². The Morgan fingerprint density at radius 2 is 1.88 bits per heavy atom. The zero-order chi connectivity index (χ0) is 13.1. The van der Waals surface area contributed by atoms with Crippen LogP contribution in [0.5, 0.6) is 0 Å². The Labute approximate surface area is 106 Å². The third-order valence-electron chi connectivity index (χ3n) is 3.04. The molecule has 8 heteroatoms. The van der Waals surface area contributed by atoms with Crippen LogP contribution in [0.15, 0.2) is 0 Å². The van der Waals surface area contributed by atoms with Gasteiger partial charge in [0.2, 0.25) is 15.9 Å². The van der Waals surface area contributed by atoms with Crippen molar-refractivity contribution in [3.8, 4) is 0 Å². The maximum Gasteiger partial charge on any atom is 0.233 e. The molecule has 17 heavy (non-hydrogen) atoms. The number of hydrogen-bond acceptors (Lipinski definition) is 4. The number of nitrogens with one attached hydrogen (secondary N) is 1. The predicted octanol–water partition coefficient (Wildman–Crippen LogP) is -0.762. The van der Waals surface area contributed by atoms with Gasteiger partial charge in [-0.05, 0) is 12.8 Å². The highest BCUT2D eigenvalue weighted by atomic mass is 32.2. The number of thiocarbonyl (C=S) groups is 1. The third kappa shape index (κ3) is 3.62. The van der Waals surface area contributed by atoms with E-state index >= 15 is 0 Å². The van der Waals surface area contributed by atoms with Crippen LogP contribution in [0.3, 0.4) is 0 Å². The van der Waals surface area contributed by atoms with E-state index in [0.717, 1.165) is 12.8 Å². The van der Waals surface area contributed by atoms with Gasteiger partial charge in [-0.25, -0.2) is 13.6 Å². The van der Waals surface area contributed by atoms with Crippen LogP contribution in [0.25, 0.3) is 0 Å². The lowest BCUT2D eigenvalue weighted by Gasteiger charge is -2.26. The van der Waals surface area contributed by atoms with Gasteiger partial charge in [0.05, 0.1) is 16.2 Å². The van der Waals surface area contributed by atoms with Gasteiger partial charge in [-0.2, -0.15) is 0 Å². The molecular weight excluding hydrogens is 262 g/mol. The van der Waals surface area contributed by atoms with Gasteiger partial charge in [-0.1, -0.05) is 25.1 Å². The molecule has 1 fully saturated rings. The minimum atomic E-state index is -3.56. The molecule has 0 unspecified atom stereocenters. The molecule has 1 saturated carbocycles. The van der Waals surface area contributed by atoms with Crippen LogP contribution in [0.1, 0.15) is 25.7 Å². The molecule has 0 aromatic heterocycles. The zero-order valence-corrected chi connectivity index (χ0v) is 11.1. The van der Waals surface area contributed by atoms with Crippen LogP contribution >= 0.6 is 12.2 Å². The summed E-state index contributed by atoms with van der Waals surface area (Å²) in [5.74, 6) is -0.572. The van der Waals surface area contributed by atoms with Crippen LogP contribution in [-0.2, 0) is 14.8 Å². The molecule has 98 valence electrons. The molecule has 6 nitrogen and oxygen atoms in total. The molecule has 0 aromatic carbocycles. The Morgan fingerprint density at radius 3 is 2.29 bits per heavy atom. The van der Waals surface area contributed by atoms with Crippen molar-refractivity contribution in [2.45, 2.75) is 25.7 Å². The summed E-state index contributed by atoms with van der Waals surface area (Å²) in [5, 5.41) is 7.38. The van der Waals surface area contributed by atoms with Crippen LogP contribution in [0.4, 0.5) is 0 Å². The Hall–Kier alpha value is -0.730. The monoisotopic (exact) mass is 279 g/mol. The van der Waals surface area contributed by atoms with Gasteiger partial charge in [0.15, 0.2) is 0 Å². The van der Waals surface area contributed by atoms with Gasteiger partial charge in [0, 0.05) is 6.54 Å². The van der Waals surface area contributed by atoms with Crippen molar-refractivity contribution >= 4 is 33.1 Å². The average molecular weight is 279 g/mol. The normalized spacial score (nSPS) is 18.9. The largest absolute Gasteiger partial charge is 0.392 e. The van der Waals surface area contributed by atoms with Crippen molar-refractivity contribution in [2.75, 3.05) is 12.3 Å². The fourth-order valence-electron chi connectivity index (χ4n) is 2.04. The highest BCUT2D eigenvalue weighted by Crippen LogP contribution is 2.38. The number of carbonyl (C=O) groups is 1. The number of primary sulfonamides is 1. The molecule has 0 aromatic rings. The Balaban J connectivity index is 2.59. The summed E-state index contributed by atoms with van der Waals surface area (Å²) >= 11 is 4.94. The van der Waals surface area contributed by atoms with Crippen molar-refractivity contribution in [1.29, 1.82) is 0 Å². The maximum absolute atomic E-state index is 12.0. The molecular formula is C9H17N3O3S2. The summed E-state index contributed by atoms with van der Waals surface area (Å²) in [6.07, 6.45) is 3.06. The summed E-state index contributed by atoms with van der Waals surface area (Å²) in [4.78, 5) is 12.2. The fraction of sp³-hybridized carbons (Fsp3) is 0.778. The Kier molecular flexibility index (Phi) is 4.45. The first-order valence-electron chi connectivity index (χ1n) is 5.37. The molecule has 1 aliphatic carbocycles. The lowest BCUT2D eigenvalue weighted by molar-refractivity contribution is -0.127. The van der Waals surface area contributed by atoms with Crippen molar-refractivity contribution in [2.24, 2.45) is 16.3 Å². The minimum Gasteiger partial charge on any atom is -0.392 e. The quantitative estimate of drug-likeness (QED) is 0.572. The van der Waals surface area contributed by atoms with E-state index in [2.05, 4.69) is 5.32 Å². The first-order chi connectivity index (χ1) is 7.78. The maximum atomic E-state index is 12.0. The third-order valence-corrected chi connectivity index (χ3v) is 4.20. The van der Waals surface area contributed by atoms with E-state index < -0.39 is 15.4 Å². The van der Waals surface area contributed by atoms with Crippen molar-refractivity contribution in [3.05, 3.63) is 0 Å². The summed E-state index contributed by atoms with van der Waals surface area (Å²) < 4.78 is 21.4. The average Bonchev–Trinajstić information content (AvgIpc) is 2.64. The van der Waals surface area contributed by atoms with Crippen LogP contribution in [0, 0.1) is 5.41 Å². The number of carbonyl (C=O) groups excluding carboxylic acids is 1. The SMILES string of the molecule is NC(=S)C1(C(=O)NCCS(N)(=O)=O)CCCC1. The van der Waals surface area contributed by atoms with E-state index in [1.807, 2.05) is 0 Å². The first-order valence-corrected chi connectivity index (χ1v) is 7.49. The second-order valence-electron chi connectivity index (χ2n) is 4.28. The van der Waals surface area contributed by atoms with Gasteiger partial charge < -0.3 is 11.1 Å². The number of rotatable bonds is 5. The lowest BCUT2D eigenvalue weighted by Crippen LogP contribution is -2.48. The van der Waals surface area contributed by atoms with Crippen LogP contribution < -0.4 is 16.2 Å². The molecule has 5 N–H and O–H groups in total. The van der Waals surface area contributed by atoms with Gasteiger partial charge in [0.25, 0.3) is 0 Å². The summed E-state index contributed by atoms with van der Waals surface area (Å²) in [7, 11) is -3.56. The molecule has 1 amide bonds. The van der Waals surface area contributed by atoms with Crippen molar-refractivity contribution in [3.63, 3.8) is 0 Å². The molecule has 0 aliphatic heterocycles. The van der Waals surface area contributed by atoms with Gasteiger partial charge in [-0.15, -0.1) is 0 Å². The van der Waals surface area contributed by atoms with E-state index in [9.17, 15) is 13.2 Å². The van der Waals surface area contributed by atoms with E-state index in [-0.39, 0.29) is 23.2 Å². The number of nitrogens with two attached hydrogens (primary N) is 2. The van der Waals surface area contributed by atoms with E-state index in [1.54, 1.807) is 0 Å². The predicted molar refractivity (Wildman–Crippen MR) is 68.7 cm³/mol. The second kappa shape index (κ2) is 5.28. The molecule has 0 bridgehead atoms. The van der Waals surface area contributed by atoms with E-state index in [0.29, 0.717) is 12.8 Å². The van der Waals surface area contributed by atoms with Crippen LogP contribution in [-0.4, -0.2) is 31.6 Å². The standard InChI is InChI=1S/C9H17N3O3S2/c10-7(16)9(3-1-2-4-9)8(13)12-5-6-17(11,14)15/h1-6H2,(H2,10,16)(H,12,13)(H2,11,14,15).